The molecule has 1 aromatic carbocycles. The third-order valence-corrected chi connectivity index (χ3v) is 4.45. The van der Waals surface area contributed by atoms with E-state index in [1.165, 1.54) is 11.3 Å². The third-order valence-electron chi connectivity index (χ3n) is 3.12. The standard InChI is InChI=1S/C15H15N3O2S2/c1-8-9(2)22-14(11(8)12(16)19)18-15(21)17-13(20)10-6-4-3-5-7-10/h3-7H,1-2H3,(H2,16,19)(H2,17,18,20,21). The fraction of sp³-hybridized carbons (Fsp3) is 0.133. The molecule has 2 aromatic rings. The Labute approximate surface area is 137 Å². The zero-order valence-electron chi connectivity index (χ0n) is 12.1. The van der Waals surface area contributed by atoms with Crippen molar-refractivity contribution >= 4 is 45.5 Å². The summed E-state index contributed by atoms with van der Waals surface area (Å²) < 4.78 is 0. The first kappa shape index (κ1) is 16.1. The van der Waals surface area contributed by atoms with Crippen LogP contribution < -0.4 is 16.4 Å². The monoisotopic (exact) mass is 333 g/mol. The number of aryl methyl sites for hydroxylation is 1. The lowest BCUT2D eigenvalue weighted by molar-refractivity contribution is 0.0975. The van der Waals surface area contributed by atoms with Crippen LogP contribution in [0.25, 0.3) is 0 Å². The van der Waals surface area contributed by atoms with Gasteiger partial charge in [0.15, 0.2) is 5.11 Å². The van der Waals surface area contributed by atoms with Gasteiger partial charge in [-0.15, -0.1) is 11.3 Å². The molecule has 114 valence electrons. The van der Waals surface area contributed by atoms with E-state index in [9.17, 15) is 9.59 Å². The van der Waals surface area contributed by atoms with Crippen LogP contribution in [0.3, 0.4) is 0 Å². The molecule has 0 saturated heterocycles. The van der Waals surface area contributed by atoms with Crippen LogP contribution in [0.4, 0.5) is 5.00 Å². The summed E-state index contributed by atoms with van der Waals surface area (Å²) in [6.07, 6.45) is 0. The molecule has 1 aromatic heterocycles. The zero-order chi connectivity index (χ0) is 16.3. The minimum Gasteiger partial charge on any atom is -0.365 e. The molecule has 5 nitrogen and oxygen atoms in total. The van der Waals surface area contributed by atoms with Gasteiger partial charge in [0.1, 0.15) is 5.00 Å². The molecule has 0 bridgehead atoms. The molecule has 22 heavy (non-hydrogen) atoms. The van der Waals surface area contributed by atoms with Gasteiger partial charge in [0.05, 0.1) is 5.56 Å². The molecule has 2 amide bonds. The van der Waals surface area contributed by atoms with Crippen LogP contribution in [0, 0.1) is 13.8 Å². The Hall–Kier alpha value is -2.25. The van der Waals surface area contributed by atoms with Crippen molar-refractivity contribution < 1.29 is 9.59 Å². The second-order valence-electron chi connectivity index (χ2n) is 4.63. The second-order valence-corrected chi connectivity index (χ2v) is 6.26. The van der Waals surface area contributed by atoms with Gasteiger partial charge < -0.3 is 11.1 Å². The quantitative estimate of drug-likeness (QED) is 0.754. The summed E-state index contributed by atoms with van der Waals surface area (Å²) in [4.78, 5) is 24.5. The van der Waals surface area contributed by atoms with Gasteiger partial charge in [-0.05, 0) is 43.8 Å². The Morgan fingerprint density at radius 2 is 1.82 bits per heavy atom. The van der Waals surface area contributed by atoms with Crippen LogP contribution in [0.15, 0.2) is 30.3 Å². The Morgan fingerprint density at radius 1 is 1.18 bits per heavy atom. The lowest BCUT2D eigenvalue weighted by Crippen LogP contribution is -2.34. The van der Waals surface area contributed by atoms with E-state index in [2.05, 4.69) is 10.6 Å². The molecule has 2 rings (SSSR count). The number of carbonyl (C=O) groups excluding carboxylic acids is 2. The Balaban J connectivity index is 2.12. The molecule has 0 aliphatic heterocycles. The number of thiophene rings is 1. The number of thiocarbonyl (C=S) groups is 1. The number of nitrogens with two attached hydrogens (primary N) is 1. The number of nitrogens with one attached hydrogen (secondary N) is 2. The second kappa shape index (κ2) is 6.67. The summed E-state index contributed by atoms with van der Waals surface area (Å²) >= 11 is 6.49. The molecule has 0 aliphatic rings. The molecule has 0 unspecified atom stereocenters. The van der Waals surface area contributed by atoms with Gasteiger partial charge >= 0.3 is 0 Å². The summed E-state index contributed by atoms with van der Waals surface area (Å²) in [5.74, 6) is -0.842. The normalized spacial score (nSPS) is 10.1. The average Bonchev–Trinajstić information content (AvgIpc) is 2.74. The largest absolute Gasteiger partial charge is 0.365 e. The van der Waals surface area contributed by atoms with Gasteiger partial charge in [-0.3, -0.25) is 14.9 Å². The average molecular weight is 333 g/mol. The number of rotatable bonds is 3. The molecule has 7 heteroatoms. The predicted octanol–water partition coefficient (Wildman–Crippen LogP) is 2.59. The maximum absolute atomic E-state index is 12.0. The lowest BCUT2D eigenvalue weighted by Gasteiger charge is -2.09. The molecule has 1 heterocycles. The maximum atomic E-state index is 12.0. The fourth-order valence-electron chi connectivity index (χ4n) is 1.91. The van der Waals surface area contributed by atoms with Gasteiger partial charge in [-0.25, -0.2) is 0 Å². The third kappa shape index (κ3) is 3.49. The van der Waals surface area contributed by atoms with Gasteiger partial charge in [-0.2, -0.15) is 0 Å². The van der Waals surface area contributed by atoms with Gasteiger partial charge in [0.25, 0.3) is 11.8 Å². The Bertz CT molecular complexity index is 739. The van der Waals surface area contributed by atoms with Crippen molar-refractivity contribution in [3.8, 4) is 0 Å². The number of hydrogen-bond donors (Lipinski definition) is 3. The molecular weight excluding hydrogens is 318 g/mol. The minimum atomic E-state index is -0.526. The maximum Gasteiger partial charge on any atom is 0.257 e. The lowest BCUT2D eigenvalue weighted by atomic mass is 10.1. The van der Waals surface area contributed by atoms with E-state index in [1.54, 1.807) is 24.3 Å². The van der Waals surface area contributed by atoms with Crippen molar-refractivity contribution in [2.45, 2.75) is 13.8 Å². The first-order valence-corrected chi connectivity index (χ1v) is 7.69. The minimum absolute atomic E-state index is 0.123. The van der Waals surface area contributed by atoms with Crippen molar-refractivity contribution in [3.05, 3.63) is 51.9 Å². The van der Waals surface area contributed by atoms with Crippen molar-refractivity contribution in [1.29, 1.82) is 0 Å². The van der Waals surface area contributed by atoms with Crippen LogP contribution in [-0.2, 0) is 0 Å². The van der Waals surface area contributed by atoms with Gasteiger partial charge in [0.2, 0.25) is 0 Å². The van der Waals surface area contributed by atoms with Crippen LogP contribution >= 0.6 is 23.6 Å². The number of amides is 2. The van der Waals surface area contributed by atoms with E-state index in [-0.39, 0.29) is 11.0 Å². The number of primary amides is 1. The predicted molar refractivity (Wildman–Crippen MR) is 92.4 cm³/mol. The Morgan fingerprint density at radius 3 is 2.41 bits per heavy atom. The van der Waals surface area contributed by atoms with Crippen molar-refractivity contribution in [2.24, 2.45) is 5.73 Å². The molecule has 0 fully saturated rings. The van der Waals surface area contributed by atoms with Crippen molar-refractivity contribution in [1.82, 2.24) is 5.32 Å². The van der Waals surface area contributed by atoms with Crippen LogP contribution in [0.5, 0.6) is 0 Å². The molecule has 0 spiro atoms. The van der Waals surface area contributed by atoms with E-state index in [0.717, 1.165) is 10.4 Å². The first-order chi connectivity index (χ1) is 10.4. The Kier molecular flexibility index (Phi) is 4.89. The van der Waals surface area contributed by atoms with E-state index < -0.39 is 5.91 Å². The van der Waals surface area contributed by atoms with Gasteiger partial charge in [-0.1, -0.05) is 18.2 Å². The smallest absolute Gasteiger partial charge is 0.257 e. The number of carbonyl (C=O) groups is 2. The zero-order valence-corrected chi connectivity index (χ0v) is 13.7. The molecular formula is C15H15N3O2S2. The molecule has 0 radical (unpaired) electrons. The summed E-state index contributed by atoms with van der Waals surface area (Å²) in [6, 6.07) is 8.73. The summed E-state index contributed by atoms with van der Waals surface area (Å²) in [7, 11) is 0. The topological polar surface area (TPSA) is 84.2 Å². The van der Waals surface area contributed by atoms with Crippen LogP contribution in [-0.4, -0.2) is 16.9 Å². The van der Waals surface area contributed by atoms with E-state index in [4.69, 9.17) is 18.0 Å². The fourth-order valence-corrected chi connectivity index (χ4v) is 3.24. The highest BCUT2D eigenvalue weighted by Gasteiger charge is 2.18. The van der Waals surface area contributed by atoms with Crippen LogP contribution in [0.2, 0.25) is 0 Å². The molecule has 0 aliphatic carbocycles. The summed E-state index contributed by atoms with van der Waals surface area (Å²) in [5, 5.41) is 6.11. The van der Waals surface area contributed by atoms with Gasteiger partial charge in [0, 0.05) is 10.4 Å². The number of hydrogen-bond acceptors (Lipinski definition) is 4. The molecule has 0 atom stereocenters. The summed E-state index contributed by atoms with van der Waals surface area (Å²) in [5.41, 5.74) is 7.11. The highest BCUT2D eigenvalue weighted by molar-refractivity contribution is 7.80. The van der Waals surface area contributed by atoms with Crippen molar-refractivity contribution in [3.63, 3.8) is 0 Å². The number of anilines is 1. The SMILES string of the molecule is Cc1sc(NC(=S)NC(=O)c2ccccc2)c(C(N)=O)c1C. The van der Waals surface area contributed by atoms with Crippen molar-refractivity contribution in [2.75, 3.05) is 5.32 Å². The highest BCUT2D eigenvalue weighted by atomic mass is 32.1. The number of benzene rings is 1. The highest BCUT2D eigenvalue weighted by Crippen LogP contribution is 2.31. The molecule has 4 N–H and O–H groups in total. The first-order valence-electron chi connectivity index (χ1n) is 6.47. The molecule has 0 saturated carbocycles. The summed E-state index contributed by atoms with van der Waals surface area (Å²) in [6.45, 7) is 3.71. The van der Waals surface area contributed by atoms with E-state index in [1.807, 2.05) is 19.9 Å². The van der Waals surface area contributed by atoms with E-state index >= 15 is 0 Å². The van der Waals surface area contributed by atoms with Crippen LogP contribution in [0.1, 0.15) is 31.2 Å². The van der Waals surface area contributed by atoms with E-state index in [0.29, 0.717) is 16.1 Å².